The van der Waals surface area contributed by atoms with Crippen molar-refractivity contribution in [3.8, 4) is 17.2 Å². The van der Waals surface area contributed by atoms with Gasteiger partial charge in [-0.3, -0.25) is 15.1 Å². The normalized spacial score (nSPS) is 17.1. The van der Waals surface area contributed by atoms with Crippen molar-refractivity contribution in [1.82, 2.24) is 9.80 Å². The number of ether oxygens (including phenoxy) is 2. The van der Waals surface area contributed by atoms with Crippen molar-refractivity contribution in [2.24, 2.45) is 5.41 Å². The van der Waals surface area contributed by atoms with Crippen LogP contribution in [-0.4, -0.2) is 67.4 Å². The molecule has 0 bridgehead atoms. The summed E-state index contributed by atoms with van der Waals surface area (Å²) >= 11 is 0. The number of allylic oxidation sites excluding steroid dienone is 1. The van der Waals surface area contributed by atoms with E-state index in [0.29, 0.717) is 11.0 Å². The van der Waals surface area contributed by atoms with Crippen LogP contribution in [0.2, 0.25) is 0 Å². The molecule has 7 nitrogen and oxygen atoms in total. The quantitative estimate of drug-likeness (QED) is 0.326. The lowest BCUT2D eigenvalue weighted by atomic mass is 9.71. The molecule has 2 aliphatic rings. The average molecular weight is 507 g/mol. The molecule has 37 heavy (non-hydrogen) atoms. The smallest absolute Gasteiger partial charge is 0.253 e. The first-order chi connectivity index (χ1) is 18.0. The third-order valence-electron chi connectivity index (χ3n) is 7.37. The minimum absolute atomic E-state index is 0.0158. The van der Waals surface area contributed by atoms with Gasteiger partial charge >= 0.3 is 0 Å². The summed E-state index contributed by atoms with van der Waals surface area (Å²) in [7, 11) is 2.66. The Morgan fingerprint density at radius 3 is 2.16 bits per heavy atom. The molecule has 0 aromatic heterocycles. The Balaban J connectivity index is 0.00000186. The first kappa shape index (κ1) is 28.2. The van der Waals surface area contributed by atoms with Crippen LogP contribution in [-0.2, 0) is 11.3 Å². The number of rotatable bonds is 8. The van der Waals surface area contributed by atoms with Gasteiger partial charge in [0.25, 0.3) is 5.91 Å². The summed E-state index contributed by atoms with van der Waals surface area (Å²) in [4.78, 5) is 17.1. The van der Waals surface area contributed by atoms with Gasteiger partial charge in [-0.2, -0.15) is 0 Å². The molecule has 2 aliphatic heterocycles. The minimum atomic E-state index is 0.0158. The number of nitrogens with two attached hydrogens (primary N) is 1. The molecule has 0 saturated carbocycles. The van der Waals surface area contributed by atoms with Gasteiger partial charge < -0.3 is 19.5 Å². The highest BCUT2D eigenvalue weighted by molar-refractivity contribution is 5.96. The maximum Gasteiger partial charge on any atom is 0.253 e. The first-order valence-electron chi connectivity index (χ1n) is 12.8. The molecule has 2 aromatic rings. The molecule has 0 unspecified atom stereocenters. The van der Waals surface area contributed by atoms with Crippen molar-refractivity contribution < 1.29 is 24.8 Å². The van der Waals surface area contributed by atoms with E-state index in [1.807, 2.05) is 41.3 Å². The van der Waals surface area contributed by atoms with Crippen molar-refractivity contribution in [2.45, 2.75) is 32.2 Å². The van der Waals surface area contributed by atoms with Gasteiger partial charge in [0.2, 0.25) is 0 Å². The van der Waals surface area contributed by atoms with Gasteiger partial charge in [0.1, 0.15) is 5.75 Å². The SMILES string of the molecule is C=C(/C=C\C=[NH2+])C(=O)N1CCC2(CCN(Cc3ccccc3Oc3ccccc3OC)CC2)CC1.CO. The molecule has 2 heterocycles. The predicted molar refractivity (Wildman–Crippen MR) is 147 cm³/mol. The van der Waals surface area contributed by atoms with Crippen molar-refractivity contribution in [3.63, 3.8) is 0 Å². The van der Waals surface area contributed by atoms with E-state index in [0.717, 1.165) is 82.8 Å². The lowest BCUT2D eigenvalue weighted by molar-refractivity contribution is -0.129. The molecule has 2 fully saturated rings. The zero-order valence-electron chi connectivity index (χ0n) is 22.1. The summed E-state index contributed by atoms with van der Waals surface area (Å²) < 4.78 is 11.7. The number of likely N-dealkylation sites (tertiary alicyclic amines) is 2. The fraction of sp³-hybridized carbons (Fsp3) is 0.400. The summed E-state index contributed by atoms with van der Waals surface area (Å²) in [5, 5.41) is 12.4. The van der Waals surface area contributed by atoms with Gasteiger partial charge in [0.15, 0.2) is 17.7 Å². The van der Waals surface area contributed by atoms with E-state index in [2.05, 4.69) is 23.6 Å². The number of aliphatic hydroxyl groups is 1. The molecular formula is C30H40N3O4+. The highest BCUT2D eigenvalue weighted by Gasteiger charge is 2.38. The molecule has 0 radical (unpaired) electrons. The summed E-state index contributed by atoms with van der Waals surface area (Å²) in [6.07, 6.45) is 9.18. The number of para-hydroxylation sites is 3. The molecule has 2 saturated heterocycles. The number of carbonyl (C=O) groups is 1. The number of piperidine rings is 2. The van der Waals surface area contributed by atoms with Crippen LogP contribution in [0.1, 0.15) is 31.2 Å². The second-order valence-corrected chi connectivity index (χ2v) is 9.51. The van der Waals surface area contributed by atoms with Gasteiger partial charge in [-0.25, -0.2) is 0 Å². The van der Waals surface area contributed by atoms with Crippen LogP contribution in [0, 0.1) is 5.41 Å². The maximum absolute atomic E-state index is 12.6. The number of benzene rings is 2. The standard InChI is InChI=1S/C29H35N3O3.CH4O/c1-23(8-7-17-30)28(33)32-20-15-29(16-21-32)13-18-31(19-14-29)22-24-9-3-4-10-25(24)35-27-12-6-5-11-26(27)34-2;1-2/h3-12,17,30H,1,13-16,18-22H2,2H3;2H,1H3/p+1/b8-7-,30-17?;. The van der Waals surface area contributed by atoms with Crippen molar-refractivity contribution in [3.05, 3.63) is 78.4 Å². The molecule has 4 rings (SSSR count). The predicted octanol–water partition coefficient (Wildman–Crippen LogP) is 3.24. The van der Waals surface area contributed by atoms with E-state index in [1.165, 1.54) is 11.8 Å². The summed E-state index contributed by atoms with van der Waals surface area (Å²) in [5.74, 6) is 2.33. The number of methoxy groups -OCH3 is 1. The van der Waals surface area contributed by atoms with Gasteiger partial charge in [0, 0.05) is 44.0 Å². The number of aliphatic hydroxyl groups excluding tert-OH is 1. The Morgan fingerprint density at radius 2 is 1.54 bits per heavy atom. The highest BCUT2D eigenvalue weighted by Crippen LogP contribution is 2.42. The first-order valence-corrected chi connectivity index (χ1v) is 12.8. The van der Waals surface area contributed by atoms with Gasteiger partial charge in [-0.1, -0.05) is 36.9 Å². The van der Waals surface area contributed by atoms with Gasteiger partial charge in [0.05, 0.1) is 7.11 Å². The molecule has 2 aromatic carbocycles. The minimum Gasteiger partial charge on any atom is -0.493 e. The fourth-order valence-corrected chi connectivity index (χ4v) is 5.11. The third-order valence-corrected chi connectivity index (χ3v) is 7.37. The van der Waals surface area contributed by atoms with E-state index in [9.17, 15) is 4.79 Å². The summed E-state index contributed by atoms with van der Waals surface area (Å²) in [6, 6.07) is 16.0. The van der Waals surface area contributed by atoms with E-state index in [1.54, 1.807) is 19.3 Å². The van der Waals surface area contributed by atoms with Crippen molar-refractivity contribution in [2.75, 3.05) is 40.4 Å². The van der Waals surface area contributed by atoms with Crippen LogP contribution >= 0.6 is 0 Å². The lowest BCUT2D eigenvalue weighted by Gasteiger charge is -2.47. The van der Waals surface area contributed by atoms with E-state index in [4.69, 9.17) is 20.0 Å². The fourth-order valence-electron chi connectivity index (χ4n) is 5.11. The second kappa shape index (κ2) is 13.8. The molecule has 198 valence electrons. The zero-order valence-corrected chi connectivity index (χ0v) is 22.1. The van der Waals surface area contributed by atoms with Crippen LogP contribution in [0.5, 0.6) is 17.2 Å². The maximum atomic E-state index is 12.6. The van der Waals surface area contributed by atoms with E-state index < -0.39 is 0 Å². The average Bonchev–Trinajstić information content (AvgIpc) is 2.95. The summed E-state index contributed by atoms with van der Waals surface area (Å²) in [5.41, 5.74) is 2.01. The molecule has 0 atom stereocenters. The molecule has 3 N–H and O–H groups in total. The topological polar surface area (TPSA) is 87.8 Å². The number of carbonyl (C=O) groups excluding carboxylic acids is 1. The van der Waals surface area contributed by atoms with Gasteiger partial charge in [-0.15, -0.1) is 0 Å². The monoisotopic (exact) mass is 506 g/mol. The number of hydrogen-bond acceptors (Lipinski definition) is 5. The Hall–Kier alpha value is -3.42. The Morgan fingerprint density at radius 1 is 0.973 bits per heavy atom. The third kappa shape index (κ3) is 7.31. The Kier molecular flexibility index (Phi) is 10.5. The van der Waals surface area contributed by atoms with Crippen LogP contribution in [0.3, 0.4) is 0 Å². The van der Waals surface area contributed by atoms with E-state index in [-0.39, 0.29) is 5.91 Å². The van der Waals surface area contributed by atoms with Crippen LogP contribution in [0.4, 0.5) is 0 Å². The summed E-state index contributed by atoms with van der Waals surface area (Å²) in [6.45, 7) is 8.45. The molecule has 0 aliphatic carbocycles. The lowest BCUT2D eigenvalue weighted by Crippen LogP contribution is -2.48. The number of amides is 1. The number of hydrogen-bond donors (Lipinski definition) is 2. The second-order valence-electron chi connectivity index (χ2n) is 9.51. The largest absolute Gasteiger partial charge is 0.493 e. The van der Waals surface area contributed by atoms with Crippen LogP contribution < -0.4 is 14.9 Å². The number of nitrogens with zero attached hydrogens (tertiary/aromatic N) is 2. The Bertz CT molecular complexity index is 1080. The molecule has 7 heteroatoms. The van der Waals surface area contributed by atoms with Gasteiger partial charge in [-0.05, 0) is 68.5 Å². The highest BCUT2D eigenvalue weighted by atomic mass is 16.5. The zero-order chi connectivity index (χ0) is 26.7. The molecule has 1 amide bonds. The molecule has 1 spiro atoms. The van der Waals surface area contributed by atoms with Crippen molar-refractivity contribution in [1.29, 1.82) is 0 Å². The van der Waals surface area contributed by atoms with Crippen LogP contribution in [0.25, 0.3) is 0 Å². The van der Waals surface area contributed by atoms with E-state index >= 15 is 0 Å². The van der Waals surface area contributed by atoms with Crippen LogP contribution in [0.15, 0.2) is 72.8 Å². The van der Waals surface area contributed by atoms with Crippen molar-refractivity contribution >= 4 is 12.1 Å². The molecular weight excluding hydrogens is 466 g/mol. The Labute approximate surface area is 220 Å².